The maximum absolute atomic E-state index is 15.2. The zero-order valence-corrected chi connectivity index (χ0v) is 28.0. The quantitative estimate of drug-likeness (QED) is 0.460. The lowest BCUT2D eigenvalue weighted by atomic mass is 9.57. The number of carbonyl (C=O) groups is 4. The molecule has 0 aromatic carbocycles. The molecule has 0 aromatic rings. The second-order valence-electron chi connectivity index (χ2n) is 15.7. The molecule has 3 heterocycles. The molecular formula is C33H50FN5O6. The number of rotatable bonds is 5. The minimum Gasteiger partial charge on any atom is -0.444 e. The number of nitrogens with zero attached hydrogens (tertiary/aromatic N) is 3. The summed E-state index contributed by atoms with van der Waals surface area (Å²) in [6.07, 6.45) is 3.51. The Morgan fingerprint density at radius 3 is 2.36 bits per heavy atom. The largest absolute Gasteiger partial charge is 0.444 e. The molecule has 4 fully saturated rings. The first-order valence-electron chi connectivity index (χ1n) is 16.3. The zero-order chi connectivity index (χ0) is 33.1. The van der Waals surface area contributed by atoms with Gasteiger partial charge in [-0.1, -0.05) is 0 Å². The van der Waals surface area contributed by atoms with E-state index in [-0.39, 0.29) is 48.2 Å². The van der Waals surface area contributed by atoms with Crippen molar-refractivity contribution < 1.29 is 33.0 Å². The normalized spacial score (nSPS) is 28.4. The summed E-state index contributed by atoms with van der Waals surface area (Å²) in [5.74, 6) is -1.25. The second kappa shape index (κ2) is 11.6. The SMILES string of the molecule is CCN(C(=O)OC(C)(C)C)C1=C2NC(=O)C(C)(N3CCC[C@@H](NC(=O)C4CC5(C4)CN(C(=O)OC(C)(C)C)C5)C3)C2CC(F)=C1. The standard InChI is InChI=1S/C33H50FN5O6/c1-9-39(29(43)45-31(5,6)7)24-14-21(34)13-23-25(24)36-27(41)32(23,8)38-12-10-11-22(17-38)35-26(40)20-15-33(16-20)18-37(19-33)28(42)44-30(2,3)4/h14,20,22-23H,9-13,15-19H2,1-8H3,(H,35,40)(H,36,41)/t22-,23?,32?/m1/s1. The number of piperidine rings is 1. The maximum atomic E-state index is 15.2. The molecule has 1 saturated carbocycles. The van der Waals surface area contributed by atoms with Crippen LogP contribution in [-0.2, 0) is 19.1 Å². The zero-order valence-electron chi connectivity index (χ0n) is 28.0. The first-order chi connectivity index (χ1) is 20.8. The van der Waals surface area contributed by atoms with Crippen LogP contribution in [-0.4, -0.2) is 94.2 Å². The molecule has 4 amide bonds. The number of fused-ring (bicyclic) bond motifs is 1. The molecule has 45 heavy (non-hydrogen) atoms. The van der Waals surface area contributed by atoms with Gasteiger partial charge in [0.1, 0.15) is 22.6 Å². The number of hydrogen-bond acceptors (Lipinski definition) is 7. The number of ether oxygens (including phenoxy) is 2. The predicted molar refractivity (Wildman–Crippen MR) is 165 cm³/mol. The van der Waals surface area contributed by atoms with Gasteiger partial charge in [-0.15, -0.1) is 0 Å². The molecule has 3 atom stereocenters. The molecule has 0 bridgehead atoms. The van der Waals surface area contributed by atoms with Crippen molar-refractivity contribution in [3.8, 4) is 0 Å². The van der Waals surface area contributed by atoms with Gasteiger partial charge in [0.25, 0.3) is 0 Å². The fraction of sp³-hybridized carbons (Fsp3) is 0.758. The molecule has 1 spiro atoms. The average molecular weight is 632 g/mol. The van der Waals surface area contributed by atoms with Crippen molar-refractivity contribution in [2.75, 3.05) is 32.7 Å². The van der Waals surface area contributed by atoms with E-state index in [2.05, 4.69) is 15.5 Å². The van der Waals surface area contributed by atoms with Crippen molar-refractivity contribution in [1.29, 1.82) is 0 Å². The van der Waals surface area contributed by atoms with Gasteiger partial charge in [-0.25, -0.2) is 14.0 Å². The van der Waals surface area contributed by atoms with Crippen LogP contribution in [0.5, 0.6) is 0 Å². The molecule has 3 aliphatic heterocycles. The molecule has 250 valence electrons. The highest BCUT2D eigenvalue weighted by Crippen LogP contribution is 2.52. The first-order valence-corrected chi connectivity index (χ1v) is 16.3. The van der Waals surface area contributed by atoms with E-state index in [9.17, 15) is 19.2 Å². The van der Waals surface area contributed by atoms with Crippen LogP contribution < -0.4 is 10.6 Å². The molecule has 0 radical (unpaired) electrons. The molecule has 5 aliphatic rings. The third-order valence-electron chi connectivity index (χ3n) is 9.78. The predicted octanol–water partition coefficient (Wildman–Crippen LogP) is 4.44. The molecule has 3 saturated heterocycles. The monoisotopic (exact) mass is 631 g/mol. The third-order valence-corrected chi connectivity index (χ3v) is 9.78. The number of allylic oxidation sites excluding steroid dienone is 2. The van der Waals surface area contributed by atoms with Gasteiger partial charge in [0.05, 0.1) is 5.70 Å². The van der Waals surface area contributed by atoms with E-state index in [0.717, 1.165) is 25.7 Å². The van der Waals surface area contributed by atoms with Crippen molar-refractivity contribution in [2.24, 2.45) is 17.3 Å². The summed E-state index contributed by atoms with van der Waals surface area (Å²) in [6.45, 7) is 17.1. The van der Waals surface area contributed by atoms with Gasteiger partial charge in [0.15, 0.2) is 0 Å². The number of halogens is 1. The van der Waals surface area contributed by atoms with Crippen LogP contribution in [0.3, 0.4) is 0 Å². The van der Waals surface area contributed by atoms with Gasteiger partial charge < -0.3 is 25.0 Å². The van der Waals surface area contributed by atoms with Crippen LogP contribution in [0.15, 0.2) is 23.3 Å². The lowest BCUT2D eigenvalue weighted by molar-refractivity contribution is -0.144. The Kier molecular flexibility index (Phi) is 8.55. The summed E-state index contributed by atoms with van der Waals surface area (Å²) in [7, 11) is 0. The van der Waals surface area contributed by atoms with Crippen molar-refractivity contribution in [1.82, 2.24) is 25.3 Å². The summed E-state index contributed by atoms with van der Waals surface area (Å²) < 4.78 is 26.3. The van der Waals surface area contributed by atoms with Crippen LogP contribution in [0, 0.1) is 17.3 Å². The van der Waals surface area contributed by atoms with Gasteiger partial charge in [0, 0.05) is 61.6 Å². The van der Waals surface area contributed by atoms with Crippen LogP contribution in [0.4, 0.5) is 14.0 Å². The van der Waals surface area contributed by atoms with Gasteiger partial charge in [-0.2, -0.15) is 0 Å². The van der Waals surface area contributed by atoms with E-state index in [1.807, 2.05) is 27.7 Å². The summed E-state index contributed by atoms with van der Waals surface area (Å²) in [4.78, 5) is 57.5. The number of hydrogen-bond donors (Lipinski definition) is 2. The van der Waals surface area contributed by atoms with Crippen molar-refractivity contribution >= 4 is 24.0 Å². The fourth-order valence-corrected chi connectivity index (χ4v) is 7.58. The molecule has 2 N–H and O–H groups in total. The Balaban J connectivity index is 1.22. The van der Waals surface area contributed by atoms with Crippen LogP contribution in [0.25, 0.3) is 0 Å². The summed E-state index contributed by atoms with van der Waals surface area (Å²) in [5.41, 5.74) is -1.48. The summed E-state index contributed by atoms with van der Waals surface area (Å²) in [5, 5.41) is 6.23. The molecule has 2 aliphatic carbocycles. The number of carbonyl (C=O) groups excluding carboxylic acids is 4. The van der Waals surface area contributed by atoms with Crippen molar-refractivity contribution in [3.63, 3.8) is 0 Å². The van der Waals surface area contributed by atoms with Gasteiger partial charge >= 0.3 is 12.2 Å². The maximum Gasteiger partial charge on any atom is 0.414 e. The second-order valence-corrected chi connectivity index (χ2v) is 15.7. The van der Waals surface area contributed by atoms with Crippen LogP contribution >= 0.6 is 0 Å². The summed E-state index contributed by atoms with van der Waals surface area (Å²) >= 11 is 0. The van der Waals surface area contributed by atoms with Crippen LogP contribution in [0.1, 0.15) is 87.5 Å². The molecule has 0 aromatic heterocycles. The van der Waals surface area contributed by atoms with E-state index in [1.54, 1.807) is 32.6 Å². The van der Waals surface area contributed by atoms with E-state index in [0.29, 0.717) is 37.6 Å². The first kappa shape index (κ1) is 33.2. The van der Waals surface area contributed by atoms with Crippen LogP contribution in [0.2, 0.25) is 0 Å². The summed E-state index contributed by atoms with van der Waals surface area (Å²) in [6, 6.07) is -0.141. The number of likely N-dealkylation sites (tertiary alicyclic amines) is 2. The minimum atomic E-state index is -1.06. The number of nitrogens with one attached hydrogen (secondary N) is 2. The molecule has 11 nitrogen and oxygen atoms in total. The Morgan fingerprint density at radius 1 is 1.11 bits per heavy atom. The Hall–Kier alpha value is -3.15. The van der Waals surface area contributed by atoms with Crippen molar-refractivity contribution in [3.05, 3.63) is 23.3 Å². The Bertz CT molecular complexity index is 1300. The molecule has 2 unspecified atom stereocenters. The molecule has 5 rings (SSSR count). The number of amides is 4. The Morgan fingerprint density at radius 2 is 1.76 bits per heavy atom. The fourth-order valence-electron chi connectivity index (χ4n) is 7.58. The van der Waals surface area contributed by atoms with E-state index < -0.39 is 34.6 Å². The van der Waals surface area contributed by atoms with E-state index in [4.69, 9.17) is 9.47 Å². The highest BCUT2D eigenvalue weighted by Gasteiger charge is 2.58. The van der Waals surface area contributed by atoms with Gasteiger partial charge in [0.2, 0.25) is 11.8 Å². The van der Waals surface area contributed by atoms with E-state index >= 15 is 4.39 Å². The van der Waals surface area contributed by atoms with Gasteiger partial charge in [-0.05, 0) is 93.7 Å². The Labute approximate surface area is 265 Å². The topological polar surface area (TPSA) is 121 Å². The van der Waals surface area contributed by atoms with Gasteiger partial charge in [-0.3, -0.25) is 19.4 Å². The lowest BCUT2D eigenvalue weighted by Crippen LogP contribution is -2.66. The molecule has 12 heteroatoms. The van der Waals surface area contributed by atoms with E-state index in [1.165, 1.54) is 11.0 Å². The highest BCUT2D eigenvalue weighted by atomic mass is 19.1. The minimum absolute atomic E-state index is 0.00236. The number of likely N-dealkylation sites (N-methyl/N-ethyl adjacent to an activating group) is 1. The lowest BCUT2D eigenvalue weighted by Gasteiger charge is -2.58. The highest BCUT2D eigenvalue weighted by molar-refractivity contribution is 5.92. The smallest absolute Gasteiger partial charge is 0.414 e. The molecular weight excluding hydrogens is 581 g/mol. The average Bonchev–Trinajstić information content (AvgIpc) is 3.11. The third kappa shape index (κ3) is 6.57. The van der Waals surface area contributed by atoms with Crippen molar-refractivity contribution in [2.45, 2.75) is 110 Å².